The van der Waals surface area contributed by atoms with Crippen LogP contribution in [0.25, 0.3) is 0 Å². The molecule has 0 aromatic rings. The molecule has 0 aliphatic heterocycles. The second kappa shape index (κ2) is 4.44. The fourth-order valence-electron chi connectivity index (χ4n) is 6.15. The Morgan fingerprint density at radius 1 is 1.27 bits per heavy atom. The fraction of sp³-hybridized carbons (Fsp3) is 0.650. The van der Waals surface area contributed by atoms with Gasteiger partial charge in [0, 0.05) is 5.41 Å². The van der Waals surface area contributed by atoms with Gasteiger partial charge in [-0.05, 0) is 73.0 Å². The van der Waals surface area contributed by atoms with E-state index in [1.807, 2.05) is 0 Å². The molecule has 0 heterocycles. The van der Waals surface area contributed by atoms with Crippen LogP contribution in [-0.2, 0) is 4.79 Å². The number of rotatable bonds is 0. The molecule has 2 heteroatoms. The second-order valence-electron chi connectivity index (χ2n) is 8.34. The van der Waals surface area contributed by atoms with E-state index in [9.17, 15) is 9.90 Å². The monoisotopic (exact) mass is 298 g/mol. The predicted molar refractivity (Wildman–Crippen MR) is 87.1 cm³/mol. The fourth-order valence-corrected chi connectivity index (χ4v) is 6.15. The molecule has 1 N–H and O–H groups in total. The van der Waals surface area contributed by atoms with Crippen LogP contribution in [0.5, 0.6) is 0 Å². The Kier molecular flexibility index (Phi) is 2.92. The summed E-state index contributed by atoms with van der Waals surface area (Å²) in [6.45, 7) is 8.97. The summed E-state index contributed by atoms with van der Waals surface area (Å²) in [6.07, 6.45) is 10.6. The average Bonchev–Trinajstić information content (AvgIpc) is 2.77. The Balaban J connectivity index is 1.76. The molecular formula is C20H26O2. The zero-order valence-corrected chi connectivity index (χ0v) is 13.6. The van der Waals surface area contributed by atoms with E-state index in [0.717, 1.165) is 18.4 Å². The van der Waals surface area contributed by atoms with Crippen molar-refractivity contribution in [3.05, 3.63) is 36.0 Å². The summed E-state index contributed by atoms with van der Waals surface area (Å²) >= 11 is 0. The number of allylic oxidation sites excluding steroid dienone is 4. The normalized spacial score (nSPS) is 50.2. The molecule has 0 unspecified atom stereocenters. The van der Waals surface area contributed by atoms with Gasteiger partial charge in [-0.3, -0.25) is 4.79 Å². The number of ketones is 1. The van der Waals surface area contributed by atoms with Crippen LogP contribution in [0.15, 0.2) is 36.0 Å². The smallest absolute Gasteiger partial charge is 0.178 e. The Morgan fingerprint density at radius 2 is 2.05 bits per heavy atom. The highest BCUT2D eigenvalue weighted by atomic mass is 16.3. The first kappa shape index (κ1) is 14.4. The van der Waals surface area contributed by atoms with Gasteiger partial charge >= 0.3 is 0 Å². The van der Waals surface area contributed by atoms with Gasteiger partial charge in [0.25, 0.3) is 0 Å². The van der Waals surface area contributed by atoms with Gasteiger partial charge in [-0.1, -0.05) is 32.1 Å². The van der Waals surface area contributed by atoms with Gasteiger partial charge < -0.3 is 5.11 Å². The van der Waals surface area contributed by atoms with E-state index in [-0.39, 0.29) is 16.6 Å². The molecule has 0 bridgehead atoms. The highest BCUT2D eigenvalue weighted by Crippen LogP contribution is 2.65. The molecule has 0 aromatic carbocycles. The van der Waals surface area contributed by atoms with Crippen molar-refractivity contribution in [2.24, 2.45) is 28.6 Å². The van der Waals surface area contributed by atoms with E-state index in [2.05, 4.69) is 26.5 Å². The number of aliphatic hydroxyl groups excluding tert-OH is 1. The lowest BCUT2D eigenvalue weighted by Gasteiger charge is -2.57. The highest BCUT2D eigenvalue weighted by molar-refractivity contribution is 6.01. The average molecular weight is 298 g/mol. The molecule has 0 saturated heterocycles. The molecule has 4 aliphatic rings. The molecule has 4 aliphatic carbocycles. The van der Waals surface area contributed by atoms with Crippen molar-refractivity contribution < 1.29 is 9.90 Å². The second-order valence-corrected chi connectivity index (χ2v) is 8.34. The number of hydrogen-bond acceptors (Lipinski definition) is 2. The van der Waals surface area contributed by atoms with Crippen LogP contribution in [0.1, 0.15) is 46.0 Å². The van der Waals surface area contributed by atoms with E-state index in [1.165, 1.54) is 24.8 Å². The van der Waals surface area contributed by atoms with Crippen molar-refractivity contribution in [1.29, 1.82) is 0 Å². The standard InChI is InChI=1S/C20H26O2/c1-12-4-5-15-14-11-18(22)17-10-13(21)6-8-20(17,3)16(14)7-9-19(12,15)2/h6,8,10,14-16,18,22H,1,4-5,7,9,11H2,2-3H3/t14-,15-,16-,18+,19+,20+/m0/s1. The largest absolute Gasteiger partial charge is 0.389 e. The van der Waals surface area contributed by atoms with Crippen LogP contribution in [-0.4, -0.2) is 17.0 Å². The maximum Gasteiger partial charge on any atom is 0.178 e. The van der Waals surface area contributed by atoms with Crippen LogP contribution in [0.2, 0.25) is 0 Å². The van der Waals surface area contributed by atoms with E-state index in [1.54, 1.807) is 12.2 Å². The third kappa shape index (κ3) is 1.68. The van der Waals surface area contributed by atoms with Crippen molar-refractivity contribution in [1.82, 2.24) is 0 Å². The molecule has 0 radical (unpaired) electrons. The van der Waals surface area contributed by atoms with E-state index < -0.39 is 6.10 Å². The summed E-state index contributed by atoms with van der Waals surface area (Å²) in [5.74, 6) is 1.78. The minimum absolute atomic E-state index is 0.0277. The summed E-state index contributed by atoms with van der Waals surface area (Å²) in [5, 5.41) is 10.7. The van der Waals surface area contributed by atoms with Gasteiger partial charge in [0.1, 0.15) is 0 Å². The lowest BCUT2D eigenvalue weighted by atomic mass is 9.48. The number of carbonyl (C=O) groups excluding carboxylic acids is 1. The SMILES string of the molecule is C=C1CC[C@H]2[C@@H]3C[C@@H](O)C4=CC(=O)C=C[C@]4(C)[C@H]3CC[C@]12C. The molecular weight excluding hydrogens is 272 g/mol. The summed E-state index contributed by atoms with van der Waals surface area (Å²) in [4.78, 5) is 11.8. The minimum Gasteiger partial charge on any atom is -0.389 e. The summed E-state index contributed by atoms with van der Waals surface area (Å²) in [7, 11) is 0. The van der Waals surface area contributed by atoms with Crippen LogP contribution in [0, 0.1) is 28.6 Å². The van der Waals surface area contributed by atoms with Gasteiger partial charge in [-0.25, -0.2) is 0 Å². The van der Waals surface area contributed by atoms with Gasteiger partial charge in [0.15, 0.2) is 5.78 Å². The number of fused-ring (bicyclic) bond motifs is 5. The lowest BCUT2D eigenvalue weighted by molar-refractivity contribution is -0.111. The topological polar surface area (TPSA) is 37.3 Å². The number of carbonyl (C=O) groups is 1. The van der Waals surface area contributed by atoms with Crippen LogP contribution in [0.4, 0.5) is 0 Å². The zero-order chi connectivity index (χ0) is 15.7. The van der Waals surface area contributed by atoms with Gasteiger partial charge in [-0.2, -0.15) is 0 Å². The van der Waals surface area contributed by atoms with E-state index in [4.69, 9.17) is 0 Å². The molecule has 3 saturated carbocycles. The minimum atomic E-state index is -0.462. The maximum absolute atomic E-state index is 11.8. The quantitative estimate of drug-likeness (QED) is 0.690. The molecule has 0 aromatic heterocycles. The van der Waals surface area contributed by atoms with Crippen molar-refractivity contribution >= 4 is 5.78 Å². The first-order chi connectivity index (χ1) is 10.4. The first-order valence-electron chi connectivity index (χ1n) is 8.68. The van der Waals surface area contributed by atoms with Crippen LogP contribution < -0.4 is 0 Å². The van der Waals surface area contributed by atoms with Crippen LogP contribution >= 0.6 is 0 Å². The molecule has 22 heavy (non-hydrogen) atoms. The third-order valence-electron chi connectivity index (χ3n) is 7.53. The Morgan fingerprint density at radius 3 is 2.82 bits per heavy atom. The molecule has 0 spiro atoms. The van der Waals surface area contributed by atoms with Crippen molar-refractivity contribution in [2.75, 3.05) is 0 Å². The molecule has 0 amide bonds. The Bertz CT molecular complexity index is 613. The Hall–Kier alpha value is -1.15. The maximum atomic E-state index is 11.8. The first-order valence-corrected chi connectivity index (χ1v) is 8.68. The molecule has 3 fully saturated rings. The van der Waals surface area contributed by atoms with Crippen molar-refractivity contribution in [3.8, 4) is 0 Å². The van der Waals surface area contributed by atoms with Crippen molar-refractivity contribution in [2.45, 2.75) is 52.1 Å². The van der Waals surface area contributed by atoms with E-state index in [0.29, 0.717) is 17.8 Å². The number of aliphatic hydroxyl groups is 1. The van der Waals surface area contributed by atoms with E-state index >= 15 is 0 Å². The third-order valence-corrected chi connectivity index (χ3v) is 7.53. The predicted octanol–water partition coefficient (Wildman–Crippen LogP) is 3.82. The summed E-state index contributed by atoms with van der Waals surface area (Å²) in [5.41, 5.74) is 2.52. The number of hydrogen-bond donors (Lipinski definition) is 1. The van der Waals surface area contributed by atoms with Gasteiger partial charge in [-0.15, -0.1) is 0 Å². The molecule has 2 nitrogen and oxygen atoms in total. The summed E-state index contributed by atoms with van der Waals surface area (Å²) in [6, 6.07) is 0. The zero-order valence-electron chi connectivity index (χ0n) is 13.6. The Labute approximate surface area is 133 Å². The summed E-state index contributed by atoms with van der Waals surface area (Å²) < 4.78 is 0. The molecule has 118 valence electrons. The van der Waals surface area contributed by atoms with Gasteiger partial charge in [0.05, 0.1) is 6.10 Å². The van der Waals surface area contributed by atoms with Gasteiger partial charge in [0.2, 0.25) is 0 Å². The lowest BCUT2D eigenvalue weighted by Crippen LogP contribution is -2.52. The molecule has 4 rings (SSSR count). The van der Waals surface area contributed by atoms with Crippen LogP contribution in [0.3, 0.4) is 0 Å². The highest BCUT2D eigenvalue weighted by Gasteiger charge is 2.58. The van der Waals surface area contributed by atoms with Crippen molar-refractivity contribution in [3.63, 3.8) is 0 Å². The molecule has 6 atom stereocenters.